The van der Waals surface area contributed by atoms with E-state index in [0.717, 1.165) is 81.4 Å². The zero-order valence-corrected chi connectivity index (χ0v) is 25.5. The third-order valence-electron chi connectivity index (χ3n) is 9.42. The number of hydrogen-bond donors (Lipinski definition) is 1. The molecule has 0 saturated carbocycles. The van der Waals surface area contributed by atoms with E-state index in [2.05, 4.69) is 31.9 Å². The summed E-state index contributed by atoms with van der Waals surface area (Å²) >= 11 is 0. The molecule has 1 fully saturated rings. The Kier molecular flexibility index (Phi) is 9.54. The number of para-hydroxylation sites is 2. The van der Waals surface area contributed by atoms with Gasteiger partial charge in [0, 0.05) is 30.9 Å². The van der Waals surface area contributed by atoms with Crippen molar-refractivity contribution < 1.29 is 14.7 Å². The minimum atomic E-state index is -0.731. The molecular formula is C36H43N5O3. The minimum absolute atomic E-state index is 0.110. The molecule has 230 valence electrons. The van der Waals surface area contributed by atoms with Crippen LogP contribution in [0, 0.1) is 0 Å². The highest BCUT2D eigenvalue weighted by Gasteiger charge is 2.29. The van der Waals surface area contributed by atoms with Gasteiger partial charge in [0.15, 0.2) is 0 Å². The molecule has 0 bridgehead atoms. The first-order valence-electron chi connectivity index (χ1n) is 16.3. The fourth-order valence-corrected chi connectivity index (χ4v) is 7.18. The average Bonchev–Trinajstić information content (AvgIpc) is 3.59. The molecule has 0 radical (unpaired) electrons. The van der Waals surface area contributed by atoms with Crippen molar-refractivity contribution in [3.8, 4) is 11.4 Å². The Morgan fingerprint density at radius 2 is 1.14 bits per heavy atom. The van der Waals surface area contributed by atoms with Crippen LogP contribution in [0.15, 0.2) is 73.1 Å². The first kappa shape index (κ1) is 29.9. The Balaban J connectivity index is 0.000000162. The Morgan fingerprint density at radius 1 is 0.659 bits per heavy atom. The number of fused-ring (bicyclic) bond motifs is 2. The van der Waals surface area contributed by atoms with Gasteiger partial charge in [-0.15, -0.1) is 0 Å². The lowest BCUT2D eigenvalue weighted by Crippen LogP contribution is -2.33. The molecule has 8 nitrogen and oxygen atoms in total. The number of likely N-dealkylation sites (tertiary alicyclic amines) is 1. The smallest absolute Gasteiger partial charge is 0.303 e. The van der Waals surface area contributed by atoms with E-state index < -0.39 is 5.97 Å². The van der Waals surface area contributed by atoms with Gasteiger partial charge in [0.2, 0.25) is 5.91 Å². The van der Waals surface area contributed by atoms with E-state index in [1.54, 1.807) is 0 Å². The lowest BCUT2D eigenvalue weighted by molar-refractivity contribution is -0.137. The van der Waals surface area contributed by atoms with Crippen molar-refractivity contribution in [2.75, 3.05) is 13.1 Å². The van der Waals surface area contributed by atoms with E-state index in [9.17, 15) is 9.59 Å². The van der Waals surface area contributed by atoms with Crippen molar-refractivity contribution in [3.63, 3.8) is 0 Å². The van der Waals surface area contributed by atoms with E-state index in [1.807, 2.05) is 65.6 Å². The highest BCUT2D eigenvalue weighted by molar-refractivity contribution is 5.77. The van der Waals surface area contributed by atoms with E-state index in [4.69, 9.17) is 5.11 Å². The number of nitrogens with zero attached hydrogens (tertiary/aromatic N) is 5. The first-order valence-corrected chi connectivity index (χ1v) is 16.3. The van der Waals surface area contributed by atoms with Crippen molar-refractivity contribution in [2.24, 2.45) is 0 Å². The second-order valence-electron chi connectivity index (χ2n) is 12.4. The molecule has 2 aliphatic carbocycles. The van der Waals surface area contributed by atoms with Gasteiger partial charge in [0.1, 0.15) is 0 Å². The highest BCUT2D eigenvalue weighted by Crippen LogP contribution is 2.36. The van der Waals surface area contributed by atoms with Crippen LogP contribution in [0.4, 0.5) is 0 Å². The molecule has 44 heavy (non-hydrogen) atoms. The number of benzene rings is 2. The number of carboxylic acids is 1. The molecule has 1 aliphatic heterocycles. The van der Waals surface area contributed by atoms with Gasteiger partial charge in [0.25, 0.3) is 0 Å². The summed E-state index contributed by atoms with van der Waals surface area (Å²) in [6, 6.07) is 20.3. The first-order chi connectivity index (χ1) is 21.6. The summed E-state index contributed by atoms with van der Waals surface area (Å²) in [4.78, 5) is 25.8. The normalized spacial score (nSPS) is 19.6. The predicted octanol–water partition coefficient (Wildman–Crippen LogP) is 6.85. The molecule has 2 unspecified atom stereocenters. The van der Waals surface area contributed by atoms with Gasteiger partial charge in [-0.2, -0.15) is 10.2 Å². The van der Waals surface area contributed by atoms with Crippen LogP contribution in [0.2, 0.25) is 0 Å². The van der Waals surface area contributed by atoms with Crippen LogP contribution in [0.25, 0.3) is 11.4 Å². The summed E-state index contributed by atoms with van der Waals surface area (Å²) in [5, 5.41) is 18.1. The van der Waals surface area contributed by atoms with Crippen LogP contribution in [0.3, 0.4) is 0 Å². The summed E-state index contributed by atoms with van der Waals surface area (Å²) in [5.41, 5.74) is 7.02. The summed E-state index contributed by atoms with van der Waals surface area (Å²) in [5.74, 6) is 0.0493. The zero-order chi connectivity index (χ0) is 30.3. The number of rotatable bonds is 6. The van der Waals surface area contributed by atoms with Crippen LogP contribution in [0.1, 0.15) is 98.6 Å². The SMILES string of the molecule is O=C(CC1CCCc2c1cnn2-c1ccccc1)N1CCCCCC1.O=C(O)CC1CCCc2c1cnn2-c1ccccc1. The standard InChI is InChI=1S/C21H27N3O.C15H16N2O2/c25-21(23-13-6-1-2-7-14-23)15-17-9-8-12-20-19(17)16-22-24(20)18-10-4-3-5-11-18;18-15(19)9-11-5-4-8-14-13(11)10-16-17(14)12-6-2-1-3-7-12/h3-5,10-11,16-17H,1-2,6-9,12-15H2;1-3,6-7,10-11H,4-5,8-9H2,(H,18,19). The molecule has 4 aromatic rings. The largest absolute Gasteiger partial charge is 0.481 e. The zero-order valence-electron chi connectivity index (χ0n) is 25.5. The molecular weight excluding hydrogens is 550 g/mol. The van der Waals surface area contributed by atoms with Gasteiger partial charge in [-0.25, -0.2) is 9.36 Å². The quantitative estimate of drug-likeness (QED) is 0.264. The summed E-state index contributed by atoms with van der Waals surface area (Å²) in [6.45, 7) is 1.89. The summed E-state index contributed by atoms with van der Waals surface area (Å²) < 4.78 is 4.02. The maximum Gasteiger partial charge on any atom is 0.303 e. The average molecular weight is 594 g/mol. The number of hydrogen-bond acceptors (Lipinski definition) is 4. The lowest BCUT2D eigenvalue weighted by atomic mass is 9.84. The second kappa shape index (κ2) is 14.1. The molecule has 1 saturated heterocycles. The summed E-state index contributed by atoms with van der Waals surface area (Å²) in [7, 11) is 0. The van der Waals surface area contributed by atoms with Gasteiger partial charge in [-0.05, 0) is 98.6 Å². The molecule has 3 heterocycles. The van der Waals surface area contributed by atoms with Crippen LogP contribution in [-0.2, 0) is 22.4 Å². The Labute approximate surface area is 259 Å². The van der Waals surface area contributed by atoms with Crippen molar-refractivity contribution in [1.29, 1.82) is 0 Å². The molecule has 2 atom stereocenters. The number of carboxylic acid groups (broad SMARTS) is 1. The molecule has 2 aromatic heterocycles. The van der Waals surface area contributed by atoms with E-state index in [0.29, 0.717) is 18.2 Å². The Bertz CT molecular complexity index is 1540. The topological polar surface area (TPSA) is 93.2 Å². The fourth-order valence-electron chi connectivity index (χ4n) is 7.18. The van der Waals surface area contributed by atoms with Crippen molar-refractivity contribution >= 4 is 11.9 Å². The predicted molar refractivity (Wildman–Crippen MR) is 170 cm³/mol. The summed E-state index contributed by atoms with van der Waals surface area (Å²) in [6.07, 6.45) is 15.8. The van der Waals surface area contributed by atoms with Gasteiger partial charge in [-0.3, -0.25) is 9.59 Å². The molecule has 3 aliphatic rings. The number of aromatic nitrogens is 4. The fraction of sp³-hybridized carbons (Fsp3) is 0.444. The number of aliphatic carboxylic acids is 1. The van der Waals surface area contributed by atoms with Gasteiger partial charge in [-0.1, -0.05) is 49.2 Å². The number of carbonyl (C=O) groups excluding carboxylic acids is 1. The van der Waals surface area contributed by atoms with Crippen LogP contribution >= 0.6 is 0 Å². The molecule has 8 heteroatoms. The molecule has 7 rings (SSSR count). The van der Waals surface area contributed by atoms with Gasteiger partial charge in [0.05, 0.1) is 30.2 Å². The van der Waals surface area contributed by atoms with E-state index >= 15 is 0 Å². The Morgan fingerprint density at radius 3 is 1.61 bits per heavy atom. The molecule has 2 aromatic carbocycles. The molecule has 1 amide bonds. The highest BCUT2D eigenvalue weighted by atomic mass is 16.4. The monoisotopic (exact) mass is 593 g/mol. The molecule has 1 N–H and O–H groups in total. The molecule has 0 spiro atoms. The van der Waals surface area contributed by atoms with E-state index in [-0.39, 0.29) is 12.3 Å². The Hall–Kier alpha value is -4.20. The van der Waals surface area contributed by atoms with Crippen LogP contribution in [-0.4, -0.2) is 54.5 Å². The van der Waals surface area contributed by atoms with Crippen molar-refractivity contribution in [3.05, 3.63) is 95.6 Å². The lowest BCUT2D eigenvalue weighted by Gasteiger charge is -2.26. The van der Waals surface area contributed by atoms with Gasteiger partial charge >= 0.3 is 5.97 Å². The van der Waals surface area contributed by atoms with Gasteiger partial charge < -0.3 is 10.0 Å². The number of amides is 1. The van der Waals surface area contributed by atoms with Crippen molar-refractivity contribution in [1.82, 2.24) is 24.5 Å². The third kappa shape index (κ3) is 6.79. The third-order valence-corrected chi connectivity index (χ3v) is 9.42. The van der Waals surface area contributed by atoms with Crippen LogP contribution in [0.5, 0.6) is 0 Å². The van der Waals surface area contributed by atoms with Crippen LogP contribution < -0.4 is 0 Å². The maximum atomic E-state index is 12.8. The second-order valence-corrected chi connectivity index (χ2v) is 12.4. The minimum Gasteiger partial charge on any atom is -0.481 e. The van der Waals surface area contributed by atoms with E-state index in [1.165, 1.54) is 29.8 Å². The maximum absolute atomic E-state index is 12.8. The van der Waals surface area contributed by atoms with Crippen molar-refractivity contribution in [2.45, 2.75) is 88.9 Å². The number of carbonyl (C=O) groups is 2.